The van der Waals surface area contributed by atoms with E-state index in [9.17, 15) is 0 Å². The Balaban J connectivity index is 1.41. The molecule has 126 valence electrons. The number of pyridine rings is 1. The predicted octanol–water partition coefficient (Wildman–Crippen LogP) is 2.90. The van der Waals surface area contributed by atoms with Gasteiger partial charge in [0.15, 0.2) is 11.5 Å². The predicted molar refractivity (Wildman–Crippen MR) is 90.8 cm³/mol. The zero-order chi connectivity index (χ0) is 16.4. The summed E-state index contributed by atoms with van der Waals surface area (Å²) in [5.41, 5.74) is 2.41. The number of hydrogen-bond acceptors (Lipinski definition) is 5. The van der Waals surface area contributed by atoms with Gasteiger partial charge in [-0.05, 0) is 55.0 Å². The first kappa shape index (κ1) is 15.3. The third kappa shape index (κ3) is 3.04. The number of nitrogens with zero attached hydrogens (tertiary/aromatic N) is 1. The van der Waals surface area contributed by atoms with E-state index in [4.69, 9.17) is 14.2 Å². The molecule has 0 amide bonds. The molecule has 2 aromatic rings. The van der Waals surface area contributed by atoms with Gasteiger partial charge >= 0.3 is 0 Å². The van der Waals surface area contributed by atoms with Crippen molar-refractivity contribution in [1.29, 1.82) is 0 Å². The molecule has 1 saturated heterocycles. The molecule has 2 aliphatic heterocycles. The molecule has 2 aliphatic rings. The standard InChI is InChI=1S/C19H22N2O3/c1-22-17-9-13(10-18-19(17)24-12-23-18)14-8-16(21-11-14)6-5-15-4-2-3-7-20-15/h2-4,7,9-10,14,16,21H,5-6,8,11-12H2,1H3. The Hall–Kier alpha value is -2.27. The van der Waals surface area contributed by atoms with Crippen LogP contribution in [0, 0.1) is 0 Å². The van der Waals surface area contributed by atoms with Crippen LogP contribution in [0.5, 0.6) is 17.2 Å². The summed E-state index contributed by atoms with van der Waals surface area (Å²) in [6.07, 6.45) is 5.10. The minimum absolute atomic E-state index is 0.269. The molecule has 24 heavy (non-hydrogen) atoms. The second-order valence-corrected chi connectivity index (χ2v) is 6.35. The van der Waals surface area contributed by atoms with Crippen molar-refractivity contribution in [2.24, 2.45) is 0 Å². The van der Waals surface area contributed by atoms with E-state index in [1.165, 1.54) is 5.56 Å². The van der Waals surface area contributed by atoms with Gasteiger partial charge in [-0.1, -0.05) is 6.07 Å². The second-order valence-electron chi connectivity index (χ2n) is 6.35. The maximum Gasteiger partial charge on any atom is 0.231 e. The minimum atomic E-state index is 0.269. The normalized spacial score (nSPS) is 21.9. The molecule has 5 heteroatoms. The van der Waals surface area contributed by atoms with E-state index in [1.54, 1.807) is 7.11 Å². The number of methoxy groups -OCH3 is 1. The molecule has 1 aromatic heterocycles. The fraction of sp³-hybridized carbons (Fsp3) is 0.421. The van der Waals surface area contributed by atoms with Crippen molar-refractivity contribution < 1.29 is 14.2 Å². The molecule has 0 radical (unpaired) electrons. The van der Waals surface area contributed by atoms with Gasteiger partial charge in [0, 0.05) is 24.5 Å². The Morgan fingerprint density at radius 1 is 1.29 bits per heavy atom. The molecule has 4 rings (SSSR count). The molecule has 1 aromatic carbocycles. The van der Waals surface area contributed by atoms with Gasteiger partial charge in [0.25, 0.3) is 0 Å². The lowest BCUT2D eigenvalue weighted by Crippen LogP contribution is -2.21. The summed E-state index contributed by atoms with van der Waals surface area (Å²) in [5, 5.41) is 3.64. The van der Waals surface area contributed by atoms with E-state index >= 15 is 0 Å². The average molecular weight is 326 g/mol. The highest BCUT2D eigenvalue weighted by Crippen LogP contribution is 2.44. The molecule has 1 N–H and O–H groups in total. The monoisotopic (exact) mass is 326 g/mol. The fourth-order valence-electron chi connectivity index (χ4n) is 3.55. The number of aromatic nitrogens is 1. The summed E-state index contributed by atoms with van der Waals surface area (Å²) in [5.74, 6) is 2.75. The third-order valence-electron chi connectivity index (χ3n) is 4.85. The maximum absolute atomic E-state index is 5.54. The smallest absolute Gasteiger partial charge is 0.231 e. The van der Waals surface area contributed by atoms with Gasteiger partial charge in [-0.25, -0.2) is 0 Å². The van der Waals surface area contributed by atoms with Crippen LogP contribution in [-0.4, -0.2) is 31.5 Å². The van der Waals surface area contributed by atoms with Crippen LogP contribution in [-0.2, 0) is 6.42 Å². The van der Waals surface area contributed by atoms with Crippen LogP contribution in [0.1, 0.15) is 30.0 Å². The fourth-order valence-corrected chi connectivity index (χ4v) is 3.55. The van der Waals surface area contributed by atoms with Gasteiger partial charge in [0.2, 0.25) is 12.5 Å². The first-order valence-electron chi connectivity index (χ1n) is 8.44. The lowest BCUT2D eigenvalue weighted by atomic mass is 9.94. The van der Waals surface area contributed by atoms with Gasteiger partial charge in [-0.3, -0.25) is 4.98 Å². The molecule has 3 heterocycles. The molecule has 0 saturated carbocycles. The van der Waals surface area contributed by atoms with Crippen LogP contribution >= 0.6 is 0 Å². The lowest BCUT2D eigenvalue weighted by Gasteiger charge is -2.13. The largest absolute Gasteiger partial charge is 0.493 e. The zero-order valence-electron chi connectivity index (χ0n) is 13.8. The molecular weight excluding hydrogens is 304 g/mol. The quantitative estimate of drug-likeness (QED) is 0.915. The molecule has 1 fully saturated rings. The molecule has 2 unspecified atom stereocenters. The number of nitrogens with one attached hydrogen (secondary N) is 1. The summed E-state index contributed by atoms with van der Waals surface area (Å²) in [7, 11) is 1.67. The topological polar surface area (TPSA) is 52.6 Å². The summed E-state index contributed by atoms with van der Waals surface area (Å²) < 4.78 is 16.5. The Kier molecular flexibility index (Phi) is 4.26. The van der Waals surface area contributed by atoms with Crippen LogP contribution in [0.4, 0.5) is 0 Å². The van der Waals surface area contributed by atoms with Crippen molar-refractivity contribution in [3.8, 4) is 17.2 Å². The molecule has 0 bridgehead atoms. The van der Waals surface area contributed by atoms with Crippen LogP contribution in [0.15, 0.2) is 36.5 Å². The van der Waals surface area contributed by atoms with Crippen molar-refractivity contribution in [3.63, 3.8) is 0 Å². The summed E-state index contributed by atoms with van der Waals surface area (Å²) in [4.78, 5) is 4.40. The zero-order valence-corrected chi connectivity index (χ0v) is 13.8. The van der Waals surface area contributed by atoms with Crippen LogP contribution < -0.4 is 19.5 Å². The number of aryl methyl sites for hydroxylation is 1. The van der Waals surface area contributed by atoms with E-state index < -0.39 is 0 Å². The van der Waals surface area contributed by atoms with Gasteiger partial charge in [-0.2, -0.15) is 0 Å². The molecular formula is C19H22N2O3. The van der Waals surface area contributed by atoms with Gasteiger partial charge < -0.3 is 19.5 Å². The molecule has 0 aliphatic carbocycles. The highest BCUT2D eigenvalue weighted by atomic mass is 16.7. The summed E-state index contributed by atoms with van der Waals surface area (Å²) in [6, 6.07) is 10.8. The highest BCUT2D eigenvalue weighted by Gasteiger charge is 2.28. The number of benzene rings is 1. The van der Waals surface area contributed by atoms with Gasteiger partial charge in [0.1, 0.15) is 0 Å². The Labute approximate surface area is 142 Å². The third-order valence-corrected chi connectivity index (χ3v) is 4.85. The minimum Gasteiger partial charge on any atom is -0.493 e. The highest BCUT2D eigenvalue weighted by molar-refractivity contribution is 5.55. The first-order chi connectivity index (χ1) is 11.8. The van der Waals surface area contributed by atoms with E-state index in [2.05, 4.69) is 28.5 Å². The molecule has 0 spiro atoms. The van der Waals surface area contributed by atoms with Crippen molar-refractivity contribution in [2.45, 2.75) is 31.2 Å². The average Bonchev–Trinajstić information content (AvgIpc) is 3.29. The Morgan fingerprint density at radius 2 is 2.25 bits per heavy atom. The first-order valence-corrected chi connectivity index (χ1v) is 8.44. The second kappa shape index (κ2) is 6.69. The van der Waals surface area contributed by atoms with Crippen molar-refractivity contribution in [2.75, 3.05) is 20.4 Å². The van der Waals surface area contributed by atoms with E-state index in [1.807, 2.05) is 18.3 Å². The molecule has 5 nitrogen and oxygen atoms in total. The number of hydrogen-bond donors (Lipinski definition) is 1. The Bertz CT molecular complexity index is 705. The Morgan fingerprint density at radius 3 is 3.08 bits per heavy atom. The number of fused-ring (bicyclic) bond motifs is 1. The van der Waals surface area contributed by atoms with Gasteiger partial charge in [-0.15, -0.1) is 0 Å². The van der Waals surface area contributed by atoms with Crippen molar-refractivity contribution in [1.82, 2.24) is 10.3 Å². The summed E-state index contributed by atoms with van der Waals surface area (Å²) in [6.45, 7) is 1.25. The number of rotatable bonds is 5. The van der Waals surface area contributed by atoms with E-state index in [-0.39, 0.29) is 6.79 Å². The lowest BCUT2D eigenvalue weighted by molar-refractivity contribution is 0.171. The van der Waals surface area contributed by atoms with Crippen molar-refractivity contribution >= 4 is 0 Å². The van der Waals surface area contributed by atoms with Crippen LogP contribution in [0.2, 0.25) is 0 Å². The SMILES string of the molecule is COc1cc(C2CNC(CCc3ccccn3)C2)cc2c1OCO2. The van der Waals surface area contributed by atoms with Crippen LogP contribution in [0.25, 0.3) is 0 Å². The number of ether oxygens (including phenoxy) is 3. The van der Waals surface area contributed by atoms with Gasteiger partial charge in [0.05, 0.1) is 7.11 Å². The summed E-state index contributed by atoms with van der Waals surface area (Å²) >= 11 is 0. The van der Waals surface area contributed by atoms with E-state index in [0.29, 0.717) is 12.0 Å². The maximum atomic E-state index is 5.54. The van der Waals surface area contributed by atoms with E-state index in [0.717, 1.165) is 48.7 Å². The molecule has 2 atom stereocenters. The van der Waals surface area contributed by atoms with Crippen LogP contribution in [0.3, 0.4) is 0 Å². The van der Waals surface area contributed by atoms with Crippen molar-refractivity contribution in [3.05, 3.63) is 47.8 Å².